The maximum absolute atomic E-state index is 10.8. The first kappa shape index (κ1) is 13.8. The van der Waals surface area contributed by atoms with E-state index in [0.717, 1.165) is 24.7 Å². The molecule has 2 fully saturated rings. The van der Waals surface area contributed by atoms with Crippen LogP contribution in [0.15, 0.2) is 22.7 Å². The molecule has 6 heteroatoms. The van der Waals surface area contributed by atoms with Gasteiger partial charge in [-0.05, 0) is 60.3 Å². The predicted octanol–water partition coefficient (Wildman–Crippen LogP) is 3.40. The van der Waals surface area contributed by atoms with Crippen LogP contribution in [0.4, 0.5) is 11.4 Å². The topological polar surface area (TPSA) is 58.4 Å². The van der Waals surface area contributed by atoms with E-state index < -0.39 is 0 Å². The van der Waals surface area contributed by atoms with Gasteiger partial charge in [-0.15, -0.1) is 0 Å². The highest BCUT2D eigenvalue weighted by molar-refractivity contribution is 9.10. The lowest BCUT2D eigenvalue weighted by Crippen LogP contribution is -2.42. The number of fused-ring (bicyclic) bond motifs is 1. The van der Waals surface area contributed by atoms with E-state index in [4.69, 9.17) is 0 Å². The Labute approximate surface area is 126 Å². The van der Waals surface area contributed by atoms with E-state index in [1.165, 1.54) is 25.8 Å². The fraction of sp³-hybridized carbons (Fsp3) is 0.571. The van der Waals surface area contributed by atoms with Gasteiger partial charge in [-0.25, -0.2) is 0 Å². The van der Waals surface area contributed by atoms with Crippen LogP contribution in [-0.2, 0) is 0 Å². The van der Waals surface area contributed by atoms with Gasteiger partial charge in [0.2, 0.25) is 0 Å². The highest BCUT2D eigenvalue weighted by atomic mass is 79.9. The average molecular weight is 340 g/mol. The fourth-order valence-electron chi connectivity index (χ4n) is 3.34. The first-order valence-electron chi connectivity index (χ1n) is 7.08. The number of nitro groups is 1. The van der Waals surface area contributed by atoms with Gasteiger partial charge < -0.3 is 10.2 Å². The third-order valence-electron chi connectivity index (χ3n) is 4.34. The van der Waals surface area contributed by atoms with Gasteiger partial charge in [-0.2, -0.15) is 0 Å². The molecule has 2 saturated heterocycles. The predicted molar refractivity (Wildman–Crippen MR) is 82.0 cm³/mol. The lowest BCUT2D eigenvalue weighted by molar-refractivity contribution is -0.385. The summed E-state index contributed by atoms with van der Waals surface area (Å²) >= 11 is 3.27. The molecule has 1 aromatic rings. The summed E-state index contributed by atoms with van der Waals surface area (Å²) in [7, 11) is 0. The van der Waals surface area contributed by atoms with Crippen LogP contribution < -0.4 is 5.32 Å². The maximum atomic E-state index is 10.8. The van der Waals surface area contributed by atoms with Gasteiger partial charge >= 0.3 is 0 Å². The van der Waals surface area contributed by atoms with Crippen LogP contribution in [0.25, 0.3) is 0 Å². The van der Waals surface area contributed by atoms with Gasteiger partial charge in [0.1, 0.15) is 0 Å². The zero-order chi connectivity index (χ0) is 14.1. The van der Waals surface area contributed by atoms with E-state index in [-0.39, 0.29) is 10.6 Å². The molecule has 0 aliphatic carbocycles. The summed E-state index contributed by atoms with van der Waals surface area (Å²) in [4.78, 5) is 13.0. The number of nitro benzene ring substituents is 1. The number of piperidine rings is 1. The molecule has 1 N–H and O–H groups in total. The van der Waals surface area contributed by atoms with Crippen molar-refractivity contribution in [3.63, 3.8) is 0 Å². The number of halogens is 1. The van der Waals surface area contributed by atoms with E-state index in [1.54, 1.807) is 18.2 Å². The Hall–Kier alpha value is -1.14. The minimum absolute atomic E-state index is 0.112. The Balaban J connectivity index is 1.66. The van der Waals surface area contributed by atoms with Crippen LogP contribution >= 0.6 is 15.9 Å². The van der Waals surface area contributed by atoms with Crippen molar-refractivity contribution >= 4 is 27.3 Å². The monoisotopic (exact) mass is 339 g/mol. The molecule has 2 unspecified atom stereocenters. The number of hydrogen-bond acceptors (Lipinski definition) is 4. The first-order chi connectivity index (χ1) is 9.63. The van der Waals surface area contributed by atoms with Gasteiger partial charge in [0.25, 0.3) is 5.69 Å². The molecule has 20 heavy (non-hydrogen) atoms. The van der Waals surface area contributed by atoms with Gasteiger partial charge in [-0.3, -0.25) is 10.1 Å². The Morgan fingerprint density at radius 2 is 2.20 bits per heavy atom. The number of nitrogens with zero attached hydrogens (tertiary/aromatic N) is 2. The lowest BCUT2D eigenvalue weighted by Gasteiger charge is -2.35. The van der Waals surface area contributed by atoms with Gasteiger partial charge in [0.05, 0.1) is 9.40 Å². The molecule has 0 radical (unpaired) electrons. The molecular formula is C14H18BrN3O2. The van der Waals surface area contributed by atoms with Crippen molar-refractivity contribution in [2.24, 2.45) is 0 Å². The molecule has 0 bridgehead atoms. The summed E-state index contributed by atoms with van der Waals surface area (Å²) in [5.41, 5.74) is 1.07. The Morgan fingerprint density at radius 3 is 2.95 bits per heavy atom. The summed E-state index contributed by atoms with van der Waals surface area (Å²) in [6.45, 7) is 2.41. The van der Waals surface area contributed by atoms with Crippen molar-refractivity contribution in [1.82, 2.24) is 4.90 Å². The van der Waals surface area contributed by atoms with Gasteiger partial charge in [0.15, 0.2) is 0 Å². The van der Waals surface area contributed by atoms with E-state index in [0.29, 0.717) is 10.5 Å². The standard InChI is InChI=1S/C14H18BrN3O2/c15-13-9-10(3-4-14(13)18(19)20)16-11-5-7-17-6-1-2-12(17)8-11/h3-4,9,11-12,16H,1-2,5-8H2. The quantitative estimate of drug-likeness (QED) is 0.677. The molecule has 0 amide bonds. The lowest BCUT2D eigenvalue weighted by atomic mass is 9.97. The second-order valence-corrected chi connectivity index (χ2v) is 6.48. The molecule has 2 aliphatic rings. The average Bonchev–Trinajstić information content (AvgIpc) is 2.85. The highest BCUT2D eigenvalue weighted by Gasteiger charge is 2.31. The summed E-state index contributed by atoms with van der Waals surface area (Å²) in [5.74, 6) is 0. The number of benzene rings is 1. The van der Waals surface area contributed by atoms with Crippen molar-refractivity contribution < 1.29 is 4.92 Å². The van der Waals surface area contributed by atoms with Gasteiger partial charge in [-0.1, -0.05) is 0 Å². The summed E-state index contributed by atoms with van der Waals surface area (Å²) in [6.07, 6.45) is 4.95. The summed E-state index contributed by atoms with van der Waals surface area (Å²) in [5, 5.41) is 14.3. The third kappa shape index (κ3) is 2.81. The highest BCUT2D eigenvalue weighted by Crippen LogP contribution is 2.31. The minimum Gasteiger partial charge on any atom is -0.382 e. The number of nitrogens with one attached hydrogen (secondary N) is 1. The zero-order valence-electron chi connectivity index (χ0n) is 11.2. The van der Waals surface area contributed by atoms with Crippen LogP contribution in [-0.4, -0.2) is 35.0 Å². The fourth-order valence-corrected chi connectivity index (χ4v) is 3.86. The van der Waals surface area contributed by atoms with Crippen molar-refractivity contribution in [1.29, 1.82) is 0 Å². The summed E-state index contributed by atoms with van der Waals surface area (Å²) < 4.78 is 0.533. The second kappa shape index (κ2) is 5.69. The number of hydrogen-bond donors (Lipinski definition) is 1. The molecule has 3 rings (SSSR count). The van der Waals surface area contributed by atoms with Gasteiger partial charge in [0, 0.05) is 30.4 Å². The molecule has 2 aliphatic heterocycles. The Kier molecular flexibility index (Phi) is 3.94. The first-order valence-corrected chi connectivity index (χ1v) is 7.87. The van der Waals surface area contributed by atoms with Crippen LogP contribution in [0.5, 0.6) is 0 Å². The molecule has 2 heterocycles. The van der Waals surface area contributed by atoms with Crippen molar-refractivity contribution in [2.75, 3.05) is 18.4 Å². The molecule has 5 nitrogen and oxygen atoms in total. The van der Waals surface area contributed by atoms with Crippen LogP contribution in [0.1, 0.15) is 25.7 Å². The smallest absolute Gasteiger partial charge is 0.283 e. The molecule has 1 aromatic carbocycles. The largest absolute Gasteiger partial charge is 0.382 e. The normalized spacial score (nSPS) is 26.2. The molecule has 0 spiro atoms. The summed E-state index contributed by atoms with van der Waals surface area (Å²) in [6, 6.07) is 6.35. The van der Waals surface area contributed by atoms with Crippen LogP contribution in [0.3, 0.4) is 0 Å². The maximum Gasteiger partial charge on any atom is 0.283 e. The molecular weight excluding hydrogens is 322 g/mol. The van der Waals surface area contributed by atoms with E-state index in [2.05, 4.69) is 26.1 Å². The van der Waals surface area contributed by atoms with Crippen LogP contribution in [0, 0.1) is 10.1 Å². The molecule has 0 aromatic heterocycles. The molecule has 2 atom stereocenters. The Bertz CT molecular complexity index is 523. The molecule has 108 valence electrons. The zero-order valence-corrected chi connectivity index (χ0v) is 12.8. The van der Waals surface area contributed by atoms with Crippen molar-refractivity contribution in [2.45, 2.75) is 37.8 Å². The third-order valence-corrected chi connectivity index (χ3v) is 4.97. The van der Waals surface area contributed by atoms with E-state index in [1.807, 2.05) is 0 Å². The second-order valence-electron chi connectivity index (χ2n) is 5.62. The van der Waals surface area contributed by atoms with Crippen LogP contribution in [0.2, 0.25) is 0 Å². The Morgan fingerprint density at radius 1 is 1.35 bits per heavy atom. The van der Waals surface area contributed by atoms with Crippen molar-refractivity contribution in [3.05, 3.63) is 32.8 Å². The van der Waals surface area contributed by atoms with E-state index >= 15 is 0 Å². The van der Waals surface area contributed by atoms with Crippen molar-refractivity contribution in [3.8, 4) is 0 Å². The SMILES string of the molecule is O=[N+]([O-])c1ccc(NC2CCN3CCCC3C2)cc1Br. The molecule has 0 saturated carbocycles. The number of anilines is 1. The minimum atomic E-state index is -0.370. The number of rotatable bonds is 3. The van der Waals surface area contributed by atoms with E-state index in [9.17, 15) is 10.1 Å².